The van der Waals surface area contributed by atoms with Crippen molar-refractivity contribution in [2.24, 2.45) is 0 Å². The van der Waals surface area contributed by atoms with Gasteiger partial charge in [-0.05, 0) is 31.1 Å². The molecule has 2 heterocycles. The molecule has 1 N–H and O–H groups in total. The quantitative estimate of drug-likeness (QED) is 0.506. The summed E-state index contributed by atoms with van der Waals surface area (Å²) in [6.45, 7) is 10.5. The van der Waals surface area contributed by atoms with E-state index in [9.17, 15) is 4.79 Å². The highest BCUT2D eigenvalue weighted by atomic mass is 16.5. The van der Waals surface area contributed by atoms with Gasteiger partial charge in [-0.15, -0.1) is 13.2 Å². The number of fused-ring (bicyclic) bond motifs is 1. The van der Waals surface area contributed by atoms with Gasteiger partial charge in [-0.3, -0.25) is 9.55 Å². The lowest BCUT2D eigenvalue weighted by atomic mass is 10.1. The van der Waals surface area contributed by atoms with Gasteiger partial charge in [0.1, 0.15) is 5.75 Å². The van der Waals surface area contributed by atoms with Crippen LogP contribution in [-0.4, -0.2) is 26.6 Å². The van der Waals surface area contributed by atoms with Crippen molar-refractivity contribution < 1.29 is 4.74 Å². The molecule has 0 radical (unpaired) electrons. The molecule has 3 rings (SSSR count). The van der Waals surface area contributed by atoms with Gasteiger partial charge in [-0.1, -0.05) is 37.3 Å². The lowest BCUT2D eigenvalue weighted by Gasteiger charge is -2.06. The van der Waals surface area contributed by atoms with Crippen LogP contribution < -0.4 is 10.4 Å². The predicted octanol–water partition coefficient (Wildman–Crippen LogP) is 4.51. The number of aromatic amines is 1. The van der Waals surface area contributed by atoms with Gasteiger partial charge in [0.25, 0.3) is 0 Å². The van der Waals surface area contributed by atoms with E-state index in [4.69, 9.17) is 4.74 Å². The topological polar surface area (TPSA) is 72.8 Å². The maximum absolute atomic E-state index is 12.4. The first-order chi connectivity index (χ1) is 13.7. The molecule has 28 heavy (non-hydrogen) atoms. The normalized spacial score (nSPS) is 11.5. The van der Waals surface area contributed by atoms with Crippen molar-refractivity contribution in [1.82, 2.24) is 19.5 Å². The molecule has 6 nitrogen and oxygen atoms in total. The molecule has 0 saturated carbocycles. The molecular formula is C22H26N4O2. The van der Waals surface area contributed by atoms with Gasteiger partial charge in [0, 0.05) is 5.56 Å². The Labute approximate surface area is 164 Å². The number of methoxy groups -OCH3 is 1. The molecule has 0 atom stereocenters. The van der Waals surface area contributed by atoms with Crippen molar-refractivity contribution in [3.63, 3.8) is 0 Å². The first-order valence-corrected chi connectivity index (χ1v) is 9.08. The van der Waals surface area contributed by atoms with E-state index in [0.717, 1.165) is 23.3 Å². The number of hydrogen-bond acceptors (Lipinski definition) is 4. The standard InChI is InChI=1S/C20H22N4O2.C2H4/c1-4-7-14(8-5-2)13-24-19-18(23-20(24)25)21-12-17(22-19)15-9-6-10-16(11-15)26-3;1-2/h4,6-12H,5,13H2,1-3H3,(H,21,23,25);1-2H2/b7-4-,14-8+;. The van der Waals surface area contributed by atoms with E-state index < -0.39 is 0 Å². The number of benzene rings is 1. The zero-order valence-electron chi connectivity index (χ0n) is 16.6. The molecule has 0 saturated heterocycles. The van der Waals surface area contributed by atoms with Crippen molar-refractivity contribution in [2.75, 3.05) is 7.11 Å². The van der Waals surface area contributed by atoms with Gasteiger partial charge in [0.2, 0.25) is 0 Å². The molecule has 0 spiro atoms. The van der Waals surface area contributed by atoms with Crippen molar-refractivity contribution in [1.29, 1.82) is 0 Å². The van der Waals surface area contributed by atoms with Crippen molar-refractivity contribution in [2.45, 2.75) is 26.8 Å². The predicted molar refractivity (Wildman–Crippen MR) is 115 cm³/mol. The Morgan fingerprint density at radius 2 is 2.14 bits per heavy atom. The van der Waals surface area contributed by atoms with Crippen LogP contribution in [0.5, 0.6) is 5.75 Å². The molecule has 6 heteroatoms. The summed E-state index contributed by atoms with van der Waals surface area (Å²) in [6.07, 6.45) is 8.64. The second kappa shape index (κ2) is 10.1. The summed E-state index contributed by atoms with van der Waals surface area (Å²) in [4.78, 5) is 24.2. The Hall–Kier alpha value is -3.41. The van der Waals surface area contributed by atoms with E-state index in [0.29, 0.717) is 23.5 Å². The summed E-state index contributed by atoms with van der Waals surface area (Å²) in [7, 11) is 1.63. The SMILES string of the molecule is C/C=C\C(=C/CC)Cn1c(=O)[nH]c2ncc(-c3cccc(OC)c3)nc21.C=C. The average Bonchev–Trinajstić information content (AvgIpc) is 3.04. The number of hydrogen-bond donors (Lipinski definition) is 1. The molecule has 0 fully saturated rings. The fraction of sp³-hybridized carbons (Fsp3) is 0.227. The smallest absolute Gasteiger partial charge is 0.329 e. The highest BCUT2D eigenvalue weighted by Gasteiger charge is 2.12. The van der Waals surface area contributed by atoms with Crippen molar-refractivity contribution in [3.8, 4) is 17.0 Å². The maximum atomic E-state index is 12.4. The third kappa shape index (κ3) is 4.65. The number of ether oxygens (including phenoxy) is 1. The Kier molecular flexibility index (Phi) is 7.51. The van der Waals surface area contributed by atoms with E-state index in [1.54, 1.807) is 17.9 Å². The zero-order chi connectivity index (χ0) is 20.5. The van der Waals surface area contributed by atoms with Gasteiger partial charge in [0.05, 0.1) is 25.5 Å². The van der Waals surface area contributed by atoms with Crippen LogP contribution in [0.4, 0.5) is 0 Å². The molecule has 0 unspecified atom stereocenters. The van der Waals surface area contributed by atoms with Crippen LogP contribution in [0.25, 0.3) is 22.6 Å². The molecule has 0 amide bonds. The van der Waals surface area contributed by atoms with Crippen LogP contribution in [0.3, 0.4) is 0 Å². The average molecular weight is 378 g/mol. The third-order valence-corrected chi connectivity index (χ3v) is 4.03. The number of allylic oxidation sites excluding steroid dienone is 4. The van der Waals surface area contributed by atoms with Crippen LogP contribution >= 0.6 is 0 Å². The van der Waals surface area contributed by atoms with E-state index in [1.807, 2.05) is 43.3 Å². The summed E-state index contributed by atoms with van der Waals surface area (Å²) in [5.74, 6) is 0.747. The van der Waals surface area contributed by atoms with E-state index >= 15 is 0 Å². The lowest BCUT2D eigenvalue weighted by Crippen LogP contribution is -2.18. The second-order valence-corrected chi connectivity index (χ2v) is 5.86. The van der Waals surface area contributed by atoms with Gasteiger partial charge in [0.15, 0.2) is 11.3 Å². The Morgan fingerprint density at radius 1 is 1.36 bits per heavy atom. The van der Waals surface area contributed by atoms with Crippen molar-refractivity contribution in [3.05, 3.63) is 77.9 Å². The number of H-pyrrole nitrogens is 1. The summed E-state index contributed by atoms with van der Waals surface area (Å²) in [5.41, 5.74) is 3.45. The largest absolute Gasteiger partial charge is 0.497 e. The lowest BCUT2D eigenvalue weighted by molar-refractivity contribution is 0.415. The number of rotatable bonds is 6. The molecule has 0 aliphatic carbocycles. The Morgan fingerprint density at radius 3 is 2.82 bits per heavy atom. The summed E-state index contributed by atoms with van der Waals surface area (Å²) < 4.78 is 6.89. The van der Waals surface area contributed by atoms with Crippen LogP contribution in [0.2, 0.25) is 0 Å². The highest BCUT2D eigenvalue weighted by Crippen LogP contribution is 2.22. The minimum Gasteiger partial charge on any atom is -0.497 e. The number of nitrogens with one attached hydrogen (secondary N) is 1. The number of aromatic nitrogens is 4. The van der Waals surface area contributed by atoms with Crippen LogP contribution in [0.1, 0.15) is 20.3 Å². The van der Waals surface area contributed by atoms with Gasteiger partial charge >= 0.3 is 5.69 Å². The van der Waals surface area contributed by atoms with Crippen LogP contribution in [-0.2, 0) is 6.54 Å². The number of imidazole rings is 1. The highest BCUT2D eigenvalue weighted by molar-refractivity contribution is 5.71. The van der Waals surface area contributed by atoms with Gasteiger partial charge in [-0.25, -0.2) is 14.8 Å². The minimum absolute atomic E-state index is 0.214. The van der Waals surface area contributed by atoms with E-state index in [2.05, 4.69) is 41.1 Å². The number of nitrogens with zero attached hydrogens (tertiary/aromatic N) is 3. The third-order valence-electron chi connectivity index (χ3n) is 4.03. The minimum atomic E-state index is -0.214. The summed E-state index contributed by atoms with van der Waals surface area (Å²) in [5, 5.41) is 0. The molecule has 146 valence electrons. The molecule has 0 aliphatic heterocycles. The second-order valence-electron chi connectivity index (χ2n) is 5.86. The van der Waals surface area contributed by atoms with E-state index in [-0.39, 0.29) is 5.69 Å². The van der Waals surface area contributed by atoms with Crippen LogP contribution in [0, 0.1) is 0 Å². The molecule has 0 bridgehead atoms. The molecule has 2 aromatic heterocycles. The van der Waals surface area contributed by atoms with Gasteiger partial charge in [-0.2, -0.15) is 0 Å². The molecule has 0 aliphatic rings. The Bertz CT molecular complexity index is 1040. The van der Waals surface area contributed by atoms with E-state index in [1.165, 1.54) is 0 Å². The maximum Gasteiger partial charge on any atom is 0.329 e. The molecular weight excluding hydrogens is 352 g/mol. The molecule has 1 aromatic carbocycles. The van der Waals surface area contributed by atoms with Crippen LogP contribution in [0.15, 0.2) is 72.2 Å². The fourth-order valence-electron chi connectivity index (χ4n) is 2.83. The van der Waals surface area contributed by atoms with Gasteiger partial charge < -0.3 is 4.74 Å². The van der Waals surface area contributed by atoms with Crippen molar-refractivity contribution >= 4 is 11.3 Å². The fourth-order valence-corrected chi connectivity index (χ4v) is 2.83. The first kappa shape index (κ1) is 20.9. The molecule has 3 aromatic rings. The zero-order valence-corrected chi connectivity index (χ0v) is 16.6. The first-order valence-electron chi connectivity index (χ1n) is 9.08. The summed E-state index contributed by atoms with van der Waals surface area (Å²) in [6, 6.07) is 7.61. The monoisotopic (exact) mass is 378 g/mol. The Balaban J connectivity index is 0.00000136. The summed E-state index contributed by atoms with van der Waals surface area (Å²) >= 11 is 0.